The summed E-state index contributed by atoms with van der Waals surface area (Å²) in [5.41, 5.74) is 0.0129. The Morgan fingerprint density at radius 3 is 2.89 bits per heavy atom. The number of hydrogen-bond donors (Lipinski definition) is 1. The lowest BCUT2D eigenvalue weighted by molar-refractivity contribution is -0.388. The molecule has 0 atom stereocenters. The molecule has 0 saturated heterocycles. The molecule has 0 aromatic carbocycles. The molecule has 2 rings (SSSR count). The second-order valence-electron chi connectivity index (χ2n) is 4.59. The van der Waals surface area contributed by atoms with Gasteiger partial charge in [-0.2, -0.15) is 4.98 Å². The second kappa shape index (κ2) is 6.70. The highest BCUT2D eigenvalue weighted by Gasteiger charge is 2.23. The zero-order valence-corrected chi connectivity index (χ0v) is 11.8. The van der Waals surface area contributed by atoms with E-state index in [9.17, 15) is 10.1 Å². The minimum atomic E-state index is -0.402. The van der Waals surface area contributed by atoms with E-state index in [1.165, 1.54) is 30.8 Å². The van der Waals surface area contributed by atoms with Gasteiger partial charge < -0.3 is 5.32 Å². The Kier molecular flexibility index (Phi) is 4.95. The highest BCUT2D eigenvalue weighted by Crippen LogP contribution is 2.37. The highest BCUT2D eigenvalue weighted by molar-refractivity contribution is 8.00. The Balaban J connectivity index is 2.17. The third kappa shape index (κ3) is 3.79. The molecule has 1 aliphatic rings. The van der Waals surface area contributed by atoms with Crippen LogP contribution in [-0.4, -0.2) is 26.7 Å². The van der Waals surface area contributed by atoms with E-state index in [4.69, 9.17) is 0 Å². The summed E-state index contributed by atoms with van der Waals surface area (Å²) in [5, 5.41) is 15.0. The van der Waals surface area contributed by atoms with Gasteiger partial charge in [-0.3, -0.25) is 10.1 Å². The lowest BCUT2D eigenvalue weighted by Crippen LogP contribution is -2.07. The van der Waals surface area contributed by atoms with Crippen molar-refractivity contribution in [2.45, 2.75) is 49.3 Å². The summed E-state index contributed by atoms with van der Waals surface area (Å²) < 4.78 is 0. The van der Waals surface area contributed by atoms with Gasteiger partial charge in [0.1, 0.15) is 6.20 Å². The van der Waals surface area contributed by atoms with Crippen LogP contribution in [0.1, 0.15) is 39.0 Å². The zero-order chi connectivity index (χ0) is 13.7. The maximum Gasteiger partial charge on any atom is 0.319 e. The normalized spacial score (nSPS) is 15.6. The van der Waals surface area contributed by atoms with Crippen molar-refractivity contribution in [1.29, 1.82) is 0 Å². The van der Waals surface area contributed by atoms with Gasteiger partial charge in [-0.1, -0.05) is 31.5 Å². The van der Waals surface area contributed by atoms with Crippen LogP contribution >= 0.6 is 11.8 Å². The summed E-state index contributed by atoms with van der Waals surface area (Å²) in [4.78, 5) is 18.9. The first kappa shape index (κ1) is 14.0. The first-order chi connectivity index (χ1) is 9.20. The molecule has 0 aliphatic heterocycles. The van der Waals surface area contributed by atoms with Crippen molar-refractivity contribution in [2.75, 3.05) is 11.9 Å². The molecule has 1 N–H and O–H groups in total. The van der Waals surface area contributed by atoms with E-state index in [1.54, 1.807) is 0 Å². The van der Waals surface area contributed by atoms with Crippen molar-refractivity contribution >= 4 is 23.4 Å². The van der Waals surface area contributed by atoms with Gasteiger partial charge in [0, 0.05) is 11.8 Å². The maximum absolute atomic E-state index is 11.0. The molecule has 6 nitrogen and oxygen atoms in total. The summed E-state index contributed by atoms with van der Waals surface area (Å²) in [6.07, 6.45) is 6.91. The maximum atomic E-state index is 11.0. The number of nitrogens with one attached hydrogen (secondary N) is 1. The Morgan fingerprint density at radius 1 is 1.53 bits per heavy atom. The fraction of sp³-hybridized carbons (Fsp3) is 0.667. The summed E-state index contributed by atoms with van der Waals surface area (Å²) >= 11 is 1.52. The second-order valence-corrected chi connectivity index (χ2v) is 5.88. The van der Waals surface area contributed by atoms with E-state index in [1.807, 2.05) is 6.92 Å². The van der Waals surface area contributed by atoms with E-state index >= 15 is 0 Å². The van der Waals surface area contributed by atoms with Crippen molar-refractivity contribution in [3.05, 3.63) is 16.3 Å². The van der Waals surface area contributed by atoms with Crippen LogP contribution in [0.4, 0.5) is 11.6 Å². The van der Waals surface area contributed by atoms with E-state index in [0.717, 1.165) is 25.8 Å². The van der Waals surface area contributed by atoms with E-state index in [2.05, 4.69) is 15.3 Å². The molecule has 0 unspecified atom stereocenters. The molecule has 104 valence electrons. The van der Waals surface area contributed by atoms with Crippen molar-refractivity contribution in [1.82, 2.24) is 9.97 Å². The molecule has 0 bridgehead atoms. The molecular weight excluding hydrogens is 264 g/mol. The molecule has 7 heteroatoms. The van der Waals surface area contributed by atoms with Crippen molar-refractivity contribution < 1.29 is 4.92 Å². The largest absolute Gasteiger partial charge is 0.354 e. The fourth-order valence-corrected chi connectivity index (χ4v) is 3.33. The van der Waals surface area contributed by atoms with Gasteiger partial charge in [0.2, 0.25) is 5.95 Å². The Bertz CT molecular complexity index is 449. The van der Waals surface area contributed by atoms with Gasteiger partial charge in [-0.25, -0.2) is 4.98 Å². The molecule has 19 heavy (non-hydrogen) atoms. The van der Waals surface area contributed by atoms with E-state index in [-0.39, 0.29) is 5.69 Å². The first-order valence-corrected chi connectivity index (χ1v) is 7.50. The standard InChI is InChI=1S/C12H18N4O2S/c1-2-7-13-12-14-8-10(16(17)18)11(15-12)19-9-5-3-4-6-9/h8-9H,2-7H2,1H3,(H,13,14,15). The first-order valence-electron chi connectivity index (χ1n) is 6.62. The summed E-state index contributed by atoms with van der Waals surface area (Å²) in [7, 11) is 0. The van der Waals surface area contributed by atoms with Crippen molar-refractivity contribution in [3.8, 4) is 0 Å². The van der Waals surface area contributed by atoms with E-state index < -0.39 is 4.92 Å². The van der Waals surface area contributed by atoms with Crippen LogP contribution in [0.3, 0.4) is 0 Å². The molecule has 1 aromatic heterocycles. The number of nitrogens with zero attached hydrogens (tertiary/aromatic N) is 3. The van der Waals surface area contributed by atoms with Crippen LogP contribution in [-0.2, 0) is 0 Å². The summed E-state index contributed by atoms with van der Waals surface area (Å²) in [6.45, 7) is 2.82. The average molecular weight is 282 g/mol. The van der Waals surface area contributed by atoms with Crippen LogP contribution in [0.2, 0.25) is 0 Å². The van der Waals surface area contributed by atoms with Crippen LogP contribution in [0, 0.1) is 10.1 Å². The van der Waals surface area contributed by atoms with Crippen LogP contribution in [0.15, 0.2) is 11.2 Å². The number of thioether (sulfide) groups is 1. The average Bonchev–Trinajstić information content (AvgIpc) is 2.89. The molecule has 1 aliphatic carbocycles. The third-order valence-electron chi connectivity index (χ3n) is 3.05. The predicted molar refractivity (Wildman–Crippen MR) is 75.6 cm³/mol. The minimum Gasteiger partial charge on any atom is -0.354 e. The fourth-order valence-electron chi connectivity index (χ4n) is 2.06. The van der Waals surface area contributed by atoms with Gasteiger partial charge >= 0.3 is 5.69 Å². The highest BCUT2D eigenvalue weighted by atomic mass is 32.2. The molecule has 1 fully saturated rings. The van der Waals surface area contributed by atoms with E-state index in [0.29, 0.717) is 16.2 Å². The molecular formula is C12H18N4O2S. The molecule has 0 spiro atoms. The SMILES string of the molecule is CCCNc1ncc([N+](=O)[O-])c(SC2CCCC2)n1. The Labute approximate surface area is 116 Å². The van der Waals surface area contributed by atoms with Crippen LogP contribution < -0.4 is 5.32 Å². The molecule has 1 heterocycles. The quantitative estimate of drug-likeness (QED) is 0.490. The van der Waals surface area contributed by atoms with Gasteiger partial charge in [0.25, 0.3) is 0 Å². The summed E-state index contributed by atoms with van der Waals surface area (Å²) in [5.74, 6) is 0.480. The lowest BCUT2D eigenvalue weighted by Gasteiger charge is -2.09. The van der Waals surface area contributed by atoms with Gasteiger partial charge in [0.05, 0.1) is 4.92 Å². The number of nitro groups is 1. The number of aromatic nitrogens is 2. The third-order valence-corrected chi connectivity index (χ3v) is 4.37. The van der Waals surface area contributed by atoms with Crippen molar-refractivity contribution in [2.24, 2.45) is 0 Å². The number of rotatable bonds is 6. The summed E-state index contributed by atoms with van der Waals surface area (Å²) in [6, 6.07) is 0. The lowest BCUT2D eigenvalue weighted by atomic mass is 10.4. The molecule has 0 radical (unpaired) electrons. The molecule has 1 aromatic rings. The van der Waals surface area contributed by atoms with Crippen LogP contribution in [0.5, 0.6) is 0 Å². The van der Waals surface area contributed by atoms with Crippen LogP contribution in [0.25, 0.3) is 0 Å². The van der Waals surface area contributed by atoms with Gasteiger partial charge in [0.15, 0.2) is 5.03 Å². The molecule has 1 saturated carbocycles. The van der Waals surface area contributed by atoms with Gasteiger partial charge in [-0.05, 0) is 19.3 Å². The smallest absolute Gasteiger partial charge is 0.319 e. The monoisotopic (exact) mass is 282 g/mol. The minimum absolute atomic E-state index is 0.0129. The zero-order valence-electron chi connectivity index (χ0n) is 11.0. The number of anilines is 1. The van der Waals surface area contributed by atoms with Crippen molar-refractivity contribution in [3.63, 3.8) is 0 Å². The Hall–Kier alpha value is -1.37. The molecule has 0 amide bonds. The number of hydrogen-bond acceptors (Lipinski definition) is 6. The predicted octanol–water partition coefficient (Wildman–Crippen LogP) is 3.24. The topological polar surface area (TPSA) is 81.0 Å². The van der Waals surface area contributed by atoms with Gasteiger partial charge in [-0.15, -0.1) is 0 Å². The Morgan fingerprint density at radius 2 is 2.26 bits per heavy atom.